The molecule has 0 bridgehead atoms. The minimum absolute atomic E-state index is 0.0274. The summed E-state index contributed by atoms with van der Waals surface area (Å²) in [5.41, 5.74) is 1.35. The first kappa shape index (κ1) is 16.5. The Balaban J connectivity index is 2.61. The average molecular weight is 294 g/mol. The molecule has 1 aromatic carbocycles. The number of nitrogens with zero attached hydrogens (tertiary/aromatic N) is 1. The molecule has 0 aliphatic heterocycles. The minimum atomic E-state index is -0.873. The number of urea groups is 1. The lowest BCUT2D eigenvalue weighted by Gasteiger charge is -2.16. The van der Waals surface area contributed by atoms with E-state index >= 15 is 0 Å². The highest BCUT2D eigenvalue weighted by atomic mass is 16.5. The van der Waals surface area contributed by atoms with E-state index in [2.05, 4.69) is 10.1 Å². The molecule has 7 heteroatoms. The predicted octanol–water partition coefficient (Wildman–Crippen LogP) is 1.34. The first-order chi connectivity index (χ1) is 9.92. The fourth-order valence-corrected chi connectivity index (χ4v) is 1.60. The van der Waals surface area contributed by atoms with E-state index in [1.165, 1.54) is 19.1 Å². The lowest BCUT2D eigenvalue weighted by atomic mass is 10.1. The van der Waals surface area contributed by atoms with Crippen molar-refractivity contribution in [3.05, 3.63) is 29.8 Å². The molecule has 0 heterocycles. The molecule has 0 aromatic heterocycles. The monoisotopic (exact) mass is 294 g/mol. The highest BCUT2D eigenvalue weighted by Crippen LogP contribution is 2.13. The fourth-order valence-electron chi connectivity index (χ4n) is 1.60. The highest BCUT2D eigenvalue weighted by molar-refractivity contribution is 5.91. The van der Waals surface area contributed by atoms with E-state index in [9.17, 15) is 14.4 Å². The lowest BCUT2D eigenvalue weighted by Crippen LogP contribution is -2.35. The van der Waals surface area contributed by atoms with Crippen LogP contribution in [0, 0.1) is 0 Å². The maximum absolute atomic E-state index is 11.9. The number of carboxylic acids is 1. The van der Waals surface area contributed by atoms with Gasteiger partial charge in [0.25, 0.3) is 0 Å². The molecule has 114 valence electrons. The second-order valence-electron chi connectivity index (χ2n) is 4.46. The van der Waals surface area contributed by atoms with Crippen LogP contribution in [0.2, 0.25) is 0 Å². The molecule has 21 heavy (non-hydrogen) atoms. The first-order valence-electron chi connectivity index (χ1n) is 6.32. The average Bonchev–Trinajstić information content (AvgIpc) is 2.45. The van der Waals surface area contributed by atoms with E-state index in [1.54, 1.807) is 24.3 Å². The van der Waals surface area contributed by atoms with Crippen LogP contribution in [0.15, 0.2) is 24.3 Å². The van der Waals surface area contributed by atoms with Gasteiger partial charge in [0.15, 0.2) is 0 Å². The molecule has 2 N–H and O–H groups in total. The second kappa shape index (κ2) is 7.88. The Hall–Kier alpha value is -2.57. The number of rotatable bonds is 6. The molecule has 0 atom stereocenters. The van der Waals surface area contributed by atoms with Gasteiger partial charge in [0.05, 0.1) is 7.11 Å². The zero-order chi connectivity index (χ0) is 15.8. The number of amides is 2. The molecule has 0 unspecified atom stereocenters. The number of carbonyl (C=O) groups excluding carboxylic acids is 2. The summed E-state index contributed by atoms with van der Waals surface area (Å²) in [6, 6.07) is 6.46. The number of likely N-dealkylation sites (N-methyl/N-ethyl adjacent to an activating group) is 1. The van der Waals surface area contributed by atoms with Crippen molar-refractivity contribution in [1.82, 2.24) is 4.90 Å². The first-order valence-corrected chi connectivity index (χ1v) is 6.32. The predicted molar refractivity (Wildman–Crippen MR) is 76.1 cm³/mol. The number of methoxy groups -OCH3 is 1. The number of carboxylic acid groups (broad SMARTS) is 1. The maximum atomic E-state index is 11.9. The Bertz CT molecular complexity index is 530. The summed E-state index contributed by atoms with van der Waals surface area (Å²) in [5, 5.41) is 11.3. The summed E-state index contributed by atoms with van der Waals surface area (Å²) in [7, 11) is 2.72. The summed E-state index contributed by atoms with van der Waals surface area (Å²) < 4.78 is 4.48. The van der Waals surface area contributed by atoms with Gasteiger partial charge in [-0.3, -0.25) is 9.59 Å². The number of esters is 1. The van der Waals surface area contributed by atoms with Gasteiger partial charge < -0.3 is 20.1 Å². The van der Waals surface area contributed by atoms with Crippen molar-refractivity contribution in [2.75, 3.05) is 26.0 Å². The molecule has 1 rings (SSSR count). The van der Waals surface area contributed by atoms with E-state index in [4.69, 9.17) is 5.11 Å². The van der Waals surface area contributed by atoms with Crippen molar-refractivity contribution in [2.45, 2.75) is 12.8 Å². The van der Waals surface area contributed by atoms with Gasteiger partial charge in [0.2, 0.25) is 0 Å². The van der Waals surface area contributed by atoms with E-state index in [-0.39, 0.29) is 13.0 Å². The van der Waals surface area contributed by atoms with Crippen molar-refractivity contribution in [3.8, 4) is 0 Å². The molecule has 0 spiro atoms. The number of anilines is 1. The number of aliphatic carboxylic acids is 1. The Kier molecular flexibility index (Phi) is 6.19. The van der Waals surface area contributed by atoms with Crippen LogP contribution in [0.25, 0.3) is 0 Å². The molecule has 0 fully saturated rings. The maximum Gasteiger partial charge on any atom is 0.325 e. The van der Waals surface area contributed by atoms with E-state index < -0.39 is 18.0 Å². The van der Waals surface area contributed by atoms with Crippen molar-refractivity contribution in [3.63, 3.8) is 0 Å². The zero-order valence-corrected chi connectivity index (χ0v) is 12.0. The molecule has 2 amide bonds. The van der Waals surface area contributed by atoms with Gasteiger partial charge in [-0.25, -0.2) is 4.79 Å². The molecule has 0 saturated carbocycles. The van der Waals surface area contributed by atoms with Gasteiger partial charge >= 0.3 is 18.0 Å². The lowest BCUT2D eigenvalue weighted by molar-refractivity contribution is -0.141. The topological polar surface area (TPSA) is 95.9 Å². The van der Waals surface area contributed by atoms with Crippen LogP contribution >= 0.6 is 0 Å². The van der Waals surface area contributed by atoms with Gasteiger partial charge in [0, 0.05) is 19.2 Å². The number of hydrogen-bond donors (Lipinski definition) is 2. The molecule has 1 aromatic rings. The van der Waals surface area contributed by atoms with Gasteiger partial charge in [-0.2, -0.15) is 0 Å². The molecule has 0 aliphatic carbocycles. The van der Waals surface area contributed by atoms with E-state index in [0.29, 0.717) is 12.1 Å². The third kappa shape index (κ3) is 5.94. The van der Waals surface area contributed by atoms with E-state index in [1.807, 2.05) is 0 Å². The van der Waals surface area contributed by atoms with Crippen LogP contribution in [0.4, 0.5) is 10.5 Å². The van der Waals surface area contributed by atoms with Crippen LogP contribution in [0.5, 0.6) is 0 Å². The van der Waals surface area contributed by atoms with Gasteiger partial charge in [-0.05, 0) is 24.1 Å². The number of hydrogen-bond acceptors (Lipinski definition) is 4. The van der Waals surface area contributed by atoms with Crippen LogP contribution in [-0.4, -0.2) is 48.7 Å². The van der Waals surface area contributed by atoms with Crippen LogP contribution in [0.3, 0.4) is 0 Å². The summed E-state index contributed by atoms with van der Waals surface area (Å²) in [6.07, 6.45) is 0.413. The molecule has 7 nitrogen and oxygen atoms in total. The minimum Gasteiger partial charge on any atom is -0.481 e. The summed E-state index contributed by atoms with van der Waals surface area (Å²) in [6.45, 7) is -0.152. The van der Waals surface area contributed by atoms with Crippen molar-refractivity contribution in [2.24, 2.45) is 0 Å². The Morgan fingerprint density at radius 3 is 2.67 bits per heavy atom. The van der Waals surface area contributed by atoms with Gasteiger partial charge in [0.1, 0.15) is 6.54 Å². The number of benzene rings is 1. The number of carbonyl (C=O) groups is 3. The second-order valence-corrected chi connectivity index (χ2v) is 4.46. The quantitative estimate of drug-likeness (QED) is 0.772. The van der Waals surface area contributed by atoms with Crippen LogP contribution in [-0.2, 0) is 20.7 Å². The van der Waals surface area contributed by atoms with Crippen molar-refractivity contribution >= 4 is 23.7 Å². The normalized spacial score (nSPS) is 9.81. The smallest absolute Gasteiger partial charge is 0.325 e. The van der Waals surface area contributed by atoms with Gasteiger partial charge in [-0.15, -0.1) is 0 Å². The van der Waals surface area contributed by atoms with Crippen LogP contribution in [0.1, 0.15) is 12.0 Å². The van der Waals surface area contributed by atoms with Crippen molar-refractivity contribution in [1.29, 1.82) is 0 Å². The number of ether oxygens (including phenoxy) is 1. The molecule has 0 radical (unpaired) electrons. The highest BCUT2D eigenvalue weighted by Gasteiger charge is 2.13. The standard InChI is InChI=1S/C14H18N2O5/c1-16(9-13(19)21-2)14(20)15-11-5-3-4-10(8-11)6-7-12(17)18/h3-5,8H,6-7,9H2,1-2H3,(H,15,20)(H,17,18). The van der Waals surface area contributed by atoms with Crippen molar-refractivity contribution < 1.29 is 24.2 Å². The SMILES string of the molecule is COC(=O)CN(C)C(=O)Nc1cccc(CCC(=O)O)c1. The Labute approximate surface area is 122 Å². The number of aryl methyl sites for hydroxylation is 1. The molecular weight excluding hydrogens is 276 g/mol. The molecular formula is C14H18N2O5. The van der Waals surface area contributed by atoms with E-state index in [0.717, 1.165) is 5.56 Å². The van der Waals surface area contributed by atoms with Crippen LogP contribution < -0.4 is 5.32 Å². The summed E-state index contributed by atoms with van der Waals surface area (Å²) >= 11 is 0. The van der Waals surface area contributed by atoms with Gasteiger partial charge in [-0.1, -0.05) is 12.1 Å². The zero-order valence-electron chi connectivity index (χ0n) is 12.0. The fraction of sp³-hybridized carbons (Fsp3) is 0.357. The third-order valence-electron chi connectivity index (χ3n) is 2.75. The number of nitrogens with one attached hydrogen (secondary N) is 1. The largest absolute Gasteiger partial charge is 0.481 e. The summed E-state index contributed by atoms with van der Waals surface area (Å²) in [4.78, 5) is 34.7. The summed E-state index contributed by atoms with van der Waals surface area (Å²) in [5.74, 6) is -1.38. The molecule has 0 aliphatic rings. The Morgan fingerprint density at radius 2 is 2.05 bits per heavy atom. The Morgan fingerprint density at radius 1 is 1.33 bits per heavy atom. The third-order valence-corrected chi connectivity index (χ3v) is 2.75. The molecule has 0 saturated heterocycles.